The minimum atomic E-state index is -0.000487. The van der Waals surface area contributed by atoms with Crippen LogP contribution in [0.2, 0.25) is 0 Å². The highest BCUT2D eigenvalue weighted by Gasteiger charge is 2.15. The Morgan fingerprint density at radius 3 is 2.57 bits per heavy atom. The molecule has 0 spiro atoms. The monoisotopic (exact) mass is 316 g/mol. The summed E-state index contributed by atoms with van der Waals surface area (Å²) in [7, 11) is 1.63. The molecular formula is C18H24N2O3. The van der Waals surface area contributed by atoms with E-state index in [4.69, 9.17) is 9.15 Å². The number of hydrogen-bond acceptors (Lipinski definition) is 4. The Morgan fingerprint density at radius 1 is 1.26 bits per heavy atom. The van der Waals surface area contributed by atoms with Crippen molar-refractivity contribution in [2.75, 3.05) is 13.7 Å². The number of amides is 1. The van der Waals surface area contributed by atoms with Gasteiger partial charge in [0.15, 0.2) is 0 Å². The molecule has 2 rings (SSSR count). The Morgan fingerprint density at radius 2 is 1.96 bits per heavy atom. The molecule has 0 saturated carbocycles. The first kappa shape index (κ1) is 17.1. The van der Waals surface area contributed by atoms with Crippen LogP contribution in [0.15, 0.2) is 34.9 Å². The van der Waals surface area contributed by atoms with Gasteiger partial charge in [-0.15, -0.1) is 0 Å². The molecule has 0 saturated heterocycles. The van der Waals surface area contributed by atoms with Crippen LogP contribution in [-0.2, 0) is 11.2 Å². The van der Waals surface area contributed by atoms with E-state index in [9.17, 15) is 4.79 Å². The maximum atomic E-state index is 11.8. The number of methoxy groups -OCH3 is 1. The predicted octanol–water partition coefficient (Wildman–Crippen LogP) is 3.45. The first-order valence-electron chi connectivity index (χ1n) is 7.73. The number of carbonyl (C=O) groups excluding carboxylic acids is 1. The average molecular weight is 316 g/mol. The van der Waals surface area contributed by atoms with E-state index < -0.39 is 0 Å². The summed E-state index contributed by atoms with van der Waals surface area (Å²) in [5.41, 5.74) is 1.72. The maximum Gasteiger partial charge on any atom is 0.226 e. The van der Waals surface area contributed by atoms with Gasteiger partial charge in [-0.1, -0.05) is 20.8 Å². The number of hydrogen-bond donors (Lipinski definition) is 1. The van der Waals surface area contributed by atoms with E-state index in [1.54, 1.807) is 13.4 Å². The minimum Gasteiger partial charge on any atom is -0.497 e. The normalized spacial score (nSPS) is 11.3. The fourth-order valence-corrected chi connectivity index (χ4v) is 2.16. The molecule has 0 bridgehead atoms. The number of nitrogens with zero attached hydrogens (tertiary/aromatic N) is 1. The van der Waals surface area contributed by atoms with Crippen LogP contribution >= 0.6 is 0 Å². The smallest absolute Gasteiger partial charge is 0.226 e. The van der Waals surface area contributed by atoms with Crippen molar-refractivity contribution in [3.05, 3.63) is 36.2 Å². The predicted molar refractivity (Wildman–Crippen MR) is 89.3 cm³/mol. The Kier molecular flexibility index (Phi) is 5.42. The van der Waals surface area contributed by atoms with Gasteiger partial charge in [-0.25, -0.2) is 4.98 Å². The number of carbonyl (C=O) groups is 1. The largest absolute Gasteiger partial charge is 0.497 e. The SMILES string of the molecule is COc1ccc(-c2nc(CCNC(=O)CC(C)(C)C)co2)cc1. The lowest BCUT2D eigenvalue weighted by Crippen LogP contribution is -2.29. The molecule has 1 heterocycles. The van der Waals surface area contributed by atoms with Gasteiger partial charge in [-0.05, 0) is 29.7 Å². The van der Waals surface area contributed by atoms with Crippen molar-refractivity contribution in [1.29, 1.82) is 0 Å². The van der Waals surface area contributed by atoms with Crippen molar-refractivity contribution < 1.29 is 13.9 Å². The lowest BCUT2D eigenvalue weighted by atomic mass is 9.92. The molecule has 5 nitrogen and oxygen atoms in total. The Balaban J connectivity index is 1.86. The minimum absolute atomic E-state index is 0.000487. The number of benzene rings is 1. The fourth-order valence-electron chi connectivity index (χ4n) is 2.16. The summed E-state index contributed by atoms with van der Waals surface area (Å²) in [6, 6.07) is 7.54. The average Bonchev–Trinajstić information content (AvgIpc) is 2.94. The lowest BCUT2D eigenvalue weighted by Gasteiger charge is -2.16. The standard InChI is InChI=1S/C18H24N2O3/c1-18(2,3)11-16(21)19-10-9-14-12-23-17(20-14)13-5-7-15(22-4)8-6-13/h5-8,12H,9-11H2,1-4H3,(H,19,21). The second kappa shape index (κ2) is 7.31. The van der Waals surface area contributed by atoms with Crippen molar-refractivity contribution in [2.45, 2.75) is 33.6 Å². The number of rotatable bonds is 6. The van der Waals surface area contributed by atoms with E-state index in [0.717, 1.165) is 17.0 Å². The molecule has 124 valence electrons. The van der Waals surface area contributed by atoms with Crippen LogP contribution < -0.4 is 10.1 Å². The van der Waals surface area contributed by atoms with E-state index in [2.05, 4.69) is 10.3 Å². The molecule has 0 aliphatic rings. The van der Waals surface area contributed by atoms with Gasteiger partial charge in [0.2, 0.25) is 11.8 Å². The highest BCUT2D eigenvalue weighted by Crippen LogP contribution is 2.22. The van der Waals surface area contributed by atoms with Gasteiger partial charge in [-0.3, -0.25) is 4.79 Å². The highest BCUT2D eigenvalue weighted by atomic mass is 16.5. The molecule has 0 unspecified atom stereocenters. The Bertz CT molecular complexity index is 639. The Hall–Kier alpha value is -2.30. The Labute approximate surface area is 137 Å². The van der Waals surface area contributed by atoms with Gasteiger partial charge in [0, 0.05) is 24.9 Å². The summed E-state index contributed by atoms with van der Waals surface area (Å²) in [6.45, 7) is 6.70. The fraction of sp³-hybridized carbons (Fsp3) is 0.444. The summed E-state index contributed by atoms with van der Waals surface area (Å²) in [5.74, 6) is 1.43. The van der Waals surface area contributed by atoms with E-state index in [1.807, 2.05) is 45.0 Å². The molecule has 0 atom stereocenters. The van der Waals surface area contributed by atoms with Crippen LogP contribution in [0, 0.1) is 5.41 Å². The summed E-state index contributed by atoms with van der Waals surface area (Å²) < 4.78 is 10.6. The second-order valence-electron chi connectivity index (χ2n) is 6.71. The van der Waals surface area contributed by atoms with Crippen molar-refractivity contribution in [3.8, 4) is 17.2 Å². The third kappa shape index (κ3) is 5.43. The molecular weight excluding hydrogens is 292 g/mol. The molecule has 1 aromatic carbocycles. The van der Waals surface area contributed by atoms with Gasteiger partial charge < -0.3 is 14.5 Å². The molecule has 0 aliphatic heterocycles. The first-order chi connectivity index (χ1) is 10.9. The van der Waals surface area contributed by atoms with Crippen LogP contribution in [0.1, 0.15) is 32.9 Å². The third-order valence-corrected chi connectivity index (χ3v) is 3.28. The zero-order valence-corrected chi connectivity index (χ0v) is 14.2. The summed E-state index contributed by atoms with van der Waals surface area (Å²) in [6.07, 6.45) is 2.80. The molecule has 1 N–H and O–H groups in total. The van der Waals surface area contributed by atoms with Gasteiger partial charge in [0.25, 0.3) is 0 Å². The number of ether oxygens (including phenoxy) is 1. The highest BCUT2D eigenvalue weighted by molar-refractivity contribution is 5.76. The van der Waals surface area contributed by atoms with Crippen LogP contribution in [0.3, 0.4) is 0 Å². The molecule has 2 aromatic rings. The van der Waals surface area contributed by atoms with Gasteiger partial charge in [0.05, 0.1) is 12.8 Å². The zero-order valence-electron chi connectivity index (χ0n) is 14.2. The maximum absolute atomic E-state index is 11.8. The van der Waals surface area contributed by atoms with Crippen molar-refractivity contribution in [1.82, 2.24) is 10.3 Å². The van der Waals surface area contributed by atoms with Crippen molar-refractivity contribution in [2.24, 2.45) is 5.41 Å². The van der Waals surface area contributed by atoms with E-state index >= 15 is 0 Å². The molecule has 1 aromatic heterocycles. The van der Waals surface area contributed by atoms with Crippen molar-refractivity contribution in [3.63, 3.8) is 0 Å². The lowest BCUT2D eigenvalue weighted by molar-refractivity contribution is -0.122. The number of nitrogens with one attached hydrogen (secondary N) is 1. The van der Waals surface area contributed by atoms with E-state index in [0.29, 0.717) is 25.3 Å². The van der Waals surface area contributed by atoms with Gasteiger partial charge in [0.1, 0.15) is 12.0 Å². The number of oxazole rings is 1. The third-order valence-electron chi connectivity index (χ3n) is 3.28. The quantitative estimate of drug-likeness (QED) is 0.886. The summed E-state index contributed by atoms with van der Waals surface area (Å²) in [5, 5.41) is 2.91. The van der Waals surface area contributed by atoms with Gasteiger partial charge >= 0.3 is 0 Å². The topological polar surface area (TPSA) is 64.4 Å². The molecule has 0 radical (unpaired) electrons. The van der Waals surface area contributed by atoms with E-state index in [1.165, 1.54) is 0 Å². The van der Waals surface area contributed by atoms with Crippen LogP contribution in [0.4, 0.5) is 0 Å². The van der Waals surface area contributed by atoms with E-state index in [-0.39, 0.29) is 11.3 Å². The summed E-state index contributed by atoms with van der Waals surface area (Å²) in [4.78, 5) is 16.2. The number of aromatic nitrogens is 1. The molecule has 23 heavy (non-hydrogen) atoms. The molecule has 1 amide bonds. The summed E-state index contributed by atoms with van der Waals surface area (Å²) >= 11 is 0. The molecule has 5 heteroatoms. The van der Waals surface area contributed by atoms with Crippen LogP contribution in [-0.4, -0.2) is 24.5 Å². The van der Waals surface area contributed by atoms with Crippen LogP contribution in [0.25, 0.3) is 11.5 Å². The molecule has 0 aliphatic carbocycles. The second-order valence-corrected chi connectivity index (χ2v) is 6.71. The molecule has 0 fully saturated rings. The zero-order chi connectivity index (χ0) is 16.9. The van der Waals surface area contributed by atoms with Gasteiger partial charge in [-0.2, -0.15) is 0 Å². The first-order valence-corrected chi connectivity index (χ1v) is 7.73. The van der Waals surface area contributed by atoms with Crippen LogP contribution in [0.5, 0.6) is 5.75 Å². The van der Waals surface area contributed by atoms with Crippen molar-refractivity contribution >= 4 is 5.91 Å².